The van der Waals surface area contributed by atoms with E-state index in [1.54, 1.807) is 25.1 Å². The molecule has 8 nitrogen and oxygen atoms in total. The number of alkyl halides is 3. The third kappa shape index (κ3) is 4.72. The average Bonchev–Trinajstić information content (AvgIpc) is 2.79. The normalized spacial score (nSPS) is 12.5. The fraction of sp³-hybridized carbons (Fsp3) is 0.200. The van der Waals surface area contributed by atoms with Gasteiger partial charge in [0.2, 0.25) is 0 Å². The number of halogens is 3. The predicted octanol–water partition coefficient (Wildman–Crippen LogP) is 4.18. The molecule has 0 spiro atoms. The molecule has 0 aliphatic heterocycles. The molecule has 186 valence electrons. The fourth-order valence-electron chi connectivity index (χ4n) is 4.11. The van der Waals surface area contributed by atoms with Crippen LogP contribution in [0.4, 0.5) is 13.2 Å². The van der Waals surface area contributed by atoms with Crippen molar-refractivity contribution in [2.45, 2.75) is 26.8 Å². The number of hydrogen-bond acceptors (Lipinski definition) is 7. The highest BCUT2D eigenvalue weighted by Gasteiger charge is 2.32. The van der Waals surface area contributed by atoms with E-state index in [-0.39, 0.29) is 23.5 Å². The van der Waals surface area contributed by atoms with Crippen LogP contribution in [0.25, 0.3) is 27.5 Å². The molecule has 2 aromatic heterocycles. The Labute approximate surface area is 202 Å². The van der Waals surface area contributed by atoms with Crippen molar-refractivity contribution in [3.05, 3.63) is 76.0 Å². The number of pyridine rings is 1. The van der Waals surface area contributed by atoms with Crippen LogP contribution in [0.15, 0.2) is 59.3 Å². The highest BCUT2D eigenvalue weighted by molar-refractivity contribution is 6.22. The van der Waals surface area contributed by atoms with Crippen LogP contribution < -0.4 is 20.8 Å². The number of nitrogens with two attached hydrogens (primary N) is 1. The minimum atomic E-state index is -4.90. The molecule has 0 aliphatic carbocycles. The molecule has 0 fully saturated rings. The van der Waals surface area contributed by atoms with Gasteiger partial charge in [0.05, 0.1) is 37.1 Å². The summed E-state index contributed by atoms with van der Waals surface area (Å²) >= 11 is 0. The van der Waals surface area contributed by atoms with E-state index < -0.39 is 17.7 Å². The number of methoxy groups -OCH3 is 1. The van der Waals surface area contributed by atoms with Gasteiger partial charge in [-0.05, 0) is 32.0 Å². The number of ether oxygens (including phenoxy) is 2. The van der Waals surface area contributed by atoms with Crippen molar-refractivity contribution in [1.82, 2.24) is 14.5 Å². The van der Waals surface area contributed by atoms with Crippen LogP contribution in [-0.2, 0) is 11.3 Å². The minimum Gasteiger partial charge on any atom is -0.496 e. The van der Waals surface area contributed by atoms with E-state index in [9.17, 15) is 22.8 Å². The number of hydrogen-bond donors (Lipinski definition) is 1. The third-order valence-corrected chi connectivity index (χ3v) is 5.53. The third-order valence-electron chi connectivity index (χ3n) is 5.53. The number of nitrogens with zero attached hydrogens (tertiary/aromatic N) is 3. The van der Waals surface area contributed by atoms with Crippen LogP contribution in [0.2, 0.25) is 0 Å². The van der Waals surface area contributed by atoms with Crippen LogP contribution in [0.5, 0.6) is 11.5 Å². The lowest BCUT2D eigenvalue weighted by Crippen LogP contribution is -2.23. The minimum absolute atomic E-state index is 0.138. The van der Waals surface area contributed by atoms with Crippen molar-refractivity contribution >= 4 is 33.3 Å². The molecule has 4 aromatic rings. The zero-order chi connectivity index (χ0) is 26.2. The molecule has 0 saturated heterocycles. The molecule has 0 radical (unpaired) electrons. The molecule has 11 heteroatoms. The van der Waals surface area contributed by atoms with Gasteiger partial charge in [0, 0.05) is 27.8 Å². The molecule has 2 heterocycles. The van der Waals surface area contributed by atoms with Gasteiger partial charge >= 0.3 is 6.36 Å². The Morgan fingerprint density at radius 2 is 1.75 bits per heavy atom. The Hall–Kier alpha value is -4.41. The first-order chi connectivity index (χ1) is 17.0. The summed E-state index contributed by atoms with van der Waals surface area (Å²) < 4.78 is 49.8. The number of ketones is 1. The number of carbonyl (C=O) groups excluding carboxylic acids is 1. The standard InChI is InChI=1S/C25H21F3N4O4/c1-13(29)23(14(2)33)17-8-18-16(9-21(17)35-3)24-19(10-30-18)31-11-22(34)32(24)12-15-6-4-5-7-20(15)36-25(26,27)28/h4-11H,12,29H2,1-3H3. The summed E-state index contributed by atoms with van der Waals surface area (Å²) in [5.41, 5.74) is 7.59. The van der Waals surface area contributed by atoms with Gasteiger partial charge in [0.25, 0.3) is 5.56 Å². The largest absolute Gasteiger partial charge is 0.573 e. The number of rotatable bonds is 6. The van der Waals surface area contributed by atoms with E-state index in [1.165, 1.54) is 43.0 Å². The maximum atomic E-state index is 12.9. The van der Waals surface area contributed by atoms with E-state index >= 15 is 0 Å². The monoisotopic (exact) mass is 498 g/mol. The SMILES string of the molecule is COc1cc2c(cc1C(C(C)=O)=C(C)N)ncc1ncc(=O)n(Cc3ccccc3OC(F)(F)F)c12. The smallest absolute Gasteiger partial charge is 0.496 e. The lowest BCUT2D eigenvalue weighted by molar-refractivity contribution is -0.274. The van der Waals surface area contributed by atoms with Crippen LogP contribution in [0.3, 0.4) is 0 Å². The second-order valence-corrected chi connectivity index (χ2v) is 8.01. The van der Waals surface area contributed by atoms with Gasteiger partial charge in [-0.3, -0.25) is 14.6 Å². The number of carbonyl (C=O) groups is 1. The molecule has 36 heavy (non-hydrogen) atoms. The lowest BCUT2D eigenvalue weighted by atomic mass is 9.97. The number of para-hydroxylation sites is 1. The van der Waals surface area contributed by atoms with Gasteiger partial charge in [-0.25, -0.2) is 4.98 Å². The molecule has 0 unspecified atom stereocenters. The van der Waals surface area contributed by atoms with Gasteiger partial charge in [0.1, 0.15) is 17.0 Å². The first-order valence-electron chi connectivity index (χ1n) is 10.7. The van der Waals surface area contributed by atoms with Gasteiger partial charge in [0.15, 0.2) is 5.78 Å². The summed E-state index contributed by atoms with van der Waals surface area (Å²) in [6.07, 6.45) is -2.39. The van der Waals surface area contributed by atoms with Gasteiger partial charge in [-0.1, -0.05) is 18.2 Å². The first-order valence-corrected chi connectivity index (χ1v) is 10.7. The maximum Gasteiger partial charge on any atom is 0.573 e. The molecular weight excluding hydrogens is 477 g/mol. The second-order valence-electron chi connectivity index (χ2n) is 8.01. The fourth-order valence-corrected chi connectivity index (χ4v) is 4.11. The molecule has 2 aromatic carbocycles. The number of benzene rings is 2. The van der Waals surface area contributed by atoms with Crippen molar-refractivity contribution in [3.63, 3.8) is 0 Å². The van der Waals surface area contributed by atoms with E-state index in [1.807, 2.05) is 0 Å². The molecule has 0 aliphatic rings. The Kier molecular flexibility index (Phi) is 6.40. The summed E-state index contributed by atoms with van der Waals surface area (Å²) in [4.78, 5) is 33.7. The quantitative estimate of drug-likeness (QED) is 0.314. The molecular formula is C25H21F3N4O4. The van der Waals surface area contributed by atoms with Crippen LogP contribution in [-0.4, -0.2) is 33.8 Å². The Balaban J connectivity index is 1.99. The topological polar surface area (TPSA) is 109 Å². The van der Waals surface area contributed by atoms with Gasteiger partial charge in [-0.15, -0.1) is 13.2 Å². The average molecular weight is 498 g/mol. The highest BCUT2D eigenvalue weighted by Crippen LogP contribution is 2.35. The number of aromatic nitrogens is 3. The van der Waals surface area contributed by atoms with Crippen LogP contribution in [0, 0.1) is 0 Å². The van der Waals surface area contributed by atoms with E-state index in [0.717, 1.165) is 6.20 Å². The summed E-state index contributed by atoms with van der Waals surface area (Å²) in [6.45, 7) is 2.75. The van der Waals surface area contributed by atoms with Gasteiger partial charge in [-0.2, -0.15) is 0 Å². The number of Topliss-reactive ketones (excluding diaryl/α,β-unsaturated/α-hetero) is 1. The molecule has 0 amide bonds. The molecule has 0 bridgehead atoms. The Morgan fingerprint density at radius 1 is 1.06 bits per heavy atom. The summed E-state index contributed by atoms with van der Waals surface area (Å²) in [5, 5.41) is 0.449. The number of fused-ring (bicyclic) bond motifs is 3. The van der Waals surface area contributed by atoms with E-state index in [4.69, 9.17) is 10.5 Å². The molecule has 0 saturated carbocycles. The lowest BCUT2D eigenvalue weighted by Gasteiger charge is -2.17. The summed E-state index contributed by atoms with van der Waals surface area (Å²) in [6, 6.07) is 8.79. The van der Waals surface area contributed by atoms with E-state index in [2.05, 4.69) is 14.7 Å². The summed E-state index contributed by atoms with van der Waals surface area (Å²) in [7, 11) is 1.42. The van der Waals surface area contributed by atoms with Crippen molar-refractivity contribution in [2.24, 2.45) is 5.73 Å². The molecule has 2 N–H and O–H groups in total. The first kappa shape index (κ1) is 24.7. The zero-order valence-electron chi connectivity index (χ0n) is 19.5. The molecule has 0 atom stereocenters. The summed E-state index contributed by atoms with van der Waals surface area (Å²) in [5.74, 6) is -0.390. The maximum absolute atomic E-state index is 12.9. The zero-order valence-corrected chi connectivity index (χ0v) is 19.5. The van der Waals surface area contributed by atoms with Crippen molar-refractivity contribution in [1.29, 1.82) is 0 Å². The van der Waals surface area contributed by atoms with Gasteiger partial charge < -0.3 is 19.8 Å². The Bertz CT molecular complexity index is 1590. The molecule has 4 rings (SSSR count). The Morgan fingerprint density at radius 3 is 2.39 bits per heavy atom. The van der Waals surface area contributed by atoms with E-state index in [0.29, 0.717) is 38.9 Å². The highest BCUT2D eigenvalue weighted by atomic mass is 19.4. The number of allylic oxidation sites excluding steroid dienone is 2. The van der Waals surface area contributed by atoms with Crippen molar-refractivity contribution < 1.29 is 27.4 Å². The van der Waals surface area contributed by atoms with Crippen molar-refractivity contribution in [3.8, 4) is 11.5 Å². The van der Waals surface area contributed by atoms with Crippen LogP contribution in [0.1, 0.15) is 25.0 Å². The van der Waals surface area contributed by atoms with Crippen molar-refractivity contribution in [2.75, 3.05) is 7.11 Å². The predicted molar refractivity (Wildman–Crippen MR) is 128 cm³/mol. The second kappa shape index (κ2) is 9.33. The van der Waals surface area contributed by atoms with Crippen LogP contribution >= 0.6 is 0 Å².